The highest BCUT2D eigenvalue weighted by molar-refractivity contribution is 5.92. The zero-order valence-electron chi connectivity index (χ0n) is 19.2. The van der Waals surface area contributed by atoms with Gasteiger partial charge in [-0.1, -0.05) is 72.8 Å². The van der Waals surface area contributed by atoms with Crippen LogP contribution in [0.4, 0.5) is 0 Å². The van der Waals surface area contributed by atoms with Gasteiger partial charge in [-0.3, -0.25) is 9.59 Å². The second-order valence-electron chi connectivity index (χ2n) is 8.48. The molecule has 0 aromatic heterocycles. The molecule has 0 bridgehead atoms. The van der Waals surface area contributed by atoms with Crippen LogP contribution in [-0.4, -0.2) is 29.8 Å². The molecule has 4 rings (SSSR count). The summed E-state index contributed by atoms with van der Waals surface area (Å²) in [4.78, 5) is 26.9. The van der Waals surface area contributed by atoms with Gasteiger partial charge >= 0.3 is 0 Å². The smallest absolute Gasteiger partial charge is 0.246 e. The summed E-state index contributed by atoms with van der Waals surface area (Å²) in [5.41, 5.74) is 3.15. The van der Waals surface area contributed by atoms with Crippen molar-refractivity contribution in [2.24, 2.45) is 5.92 Å². The SMILES string of the molecule is O=C(NCc1ccc(OCc2ccccc2)cc1)C1CCN(C(=O)C=Cc2ccccc2)CC1. The molecular weight excluding hydrogens is 424 g/mol. The van der Waals surface area contributed by atoms with Crippen molar-refractivity contribution in [2.75, 3.05) is 13.1 Å². The molecule has 0 saturated carbocycles. The van der Waals surface area contributed by atoms with Gasteiger partial charge in [-0.05, 0) is 47.7 Å². The number of nitrogens with zero attached hydrogens (tertiary/aromatic N) is 1. The third-order valence-corrected chi connectivity index (χ3v) is 6.03. The summed E-state index contributed by atoms with van der Waals surface area (Å²) in [5, 5.41) is 3.04. The number of rotatable bonds is 8. The fraction of sp³-hybridized carbons (Fsp3) is 0.241. The molecule has 0 radical (unpaired) electrons. The Balaban J connectivity index is 1.17. The first kappa shape index (κ1) is 23.3. The first-order valence-electron chi connectivity index (χ1n) is 11.7. The number of hydrogen-bond acceptors (Lipinski definition) is 3. The fourth-order valence-electron chi connectivity index (χ4n) is 3.98. The van der Waals surface area contributed by atoms with E-state index in [4.69, 9.17) is 4.74 Å². The summed E-state index contributed by atoms with van der Waals surface area (Å²) in [6.07, 6.45) is 4.81. The number of ether oxygens (including phenoxy) is 1. The van der Waals surface area contributed by atoms with Crippen LogP contribution >= 0.6 is 0 Å². The van der Waals surface area contributed by atoms with E-state index in [1.165, 1.54) is 0 Å². The largest absolute Gasteiger partial charge is 0.489 e. The van der Waals surface area contributed by atoms with Gasteiger partial charge in [-0.15, -0.1) is 0 Å². The van der Waals surface area contributed by atoms with E-state index in [-0.39, 0.29) is 17.7 Å². The van der Waals surface area contributed by atoms with Crippen molar-refractivity contribution in [1.82, 2.24) is 10.2 Å². The van der Waals surface area contributed by atoms with Crippen LogP contribution in [-0.2, 0) is 22.7 Å². The molecular formula is C29H30N2O3. The minimum atomic E-state index is -0.0596. The summed E-state index contributed by atoms with van der Waals surface area (Å²) >= 11 is 0. The van der Waals surface area contributed by atoms with Gasteiger partial charge in [-0.2, -0.15) is 0 Å². The predicted molar refractivity (Wildman–Crippen MR) is 134 cm³/mol. The zero-order chi connectivity index (χ0) is 23.6. The number of benzene rings is 3. The molecule has 5 nitrogen and oxygen atoms in total. The lowest BCUT2D eigenvalue weighted by molar-refractivity contribution is -0.132. The molecule has 1 fully saturated rings. The van der Waals surface area contributed by atoms with Crippen molar-refractivity contribution in [3.63, 3.8) is 0 Å². The lowest BCUT2D eigenvalue weighted by Crippen LogP contribution is -2.42. The van der Waals surface area contributed by atoms with Crippen molar-refractivity contribution in [2.45, 2.75) is 26.0 Å². The average Bonchev–Trinajstić information content (AvgIpc) is 2.91. The normalized spacial score (nSPS) is 14.2. The van der Waals surface area contributed by atoms with Crippen LogP contribution in [0.1, 0.15) is 29.5 Å². The molecule has 174 valence electrons. The van der Waals surface area contributed by atoms with E-state index in [1.54, 1.807) is 6.08 Å². The molecule has 1 N–H and O–H groups in total. The van der Waals surface area contributed by atoms with Gasteiger partial charge < -0.3 is 15.0 Å². The van der Waals surface area contributed by atoms with Crippen LogP contribution in [0.15, 0.2) is 91.0 Å². The summed E-state index contributed by atoms with van der Waals surface area (Å²) in [7, 11) is 0. The molecule has 0 spiro atoms. The summed E-state index contributed by atoms with van der Waals surface area (Å²) in [6.45, 7) is 2.21. The van der Waals surface area contributed by atoms with E-state index in [9.17, 15) is 9.59 Å². The van der Waals surface area contributed by atoms with Gasteiger partial charge in [0.05, 0.1) is 0 Å². The van der Waals surface area contributed by atoms with Crippen LogP contribution in [0, 0.1) is 5.92 Å². The van der Waals surface area contributed by atoms with Gasteiger partial charge in [-0.25, -0.2) is 0 Å². The Hall–Kier alpha value is -3.86. The van der Waals surface area contributed by atoms with Gasteiger partial charge in [0, 0.05) is 31.6 Å². The van der Waals surface area contributed by atoms with E-state index in [0.717, 1.165) is 22.4 Å². The molecule has 1 heterocycles. The number of amides is 2. The minimum Gasteiger partial charge on any atom is -0.489 e. The number of likely N-dealkylation sites (tertiary alicyclic amines) is 1. The lowest BCUT2D eigenvalue weighted by Gasteiger charge is -2.30. The van der Waals surface area contributed by atoms with E-state index in [2.05, 4.69) is 5.32 Å². The summed E-state index contributed by atoms with van der Waals surface area (Å²) < 4.78 is 5.82. The first-order valence-corrected chi connectivity index (χ1v) is 11.7. The number of carbonyl (C=O) groups is 2. The second kappa shape index (κ2) is 11.8. The highest BCUT2D eigenvalue weighted by Gasteiger charge is 2.26. The quantitative estimate of drug-likeness (QED) is 0.496. The van der Waals surface area contributed by atoms with E-state index >= 15 is 0 Å². The van der Waals surface area contributed by atoms with Gasteiger partial charge in [0.1, 0.15) is 12.4 Å². The summed E-state index contributed by atoms with van der Waals surface area (Å²) in [6, 6.07) is 27.6. The van der Waals surface area contributed by atoms with Gasteiger partial charge in [0.15, 0.2) is 0 Å². The molecule has 1 aliphatic rings. The predicted octanol–water partition coefficient (Wildman–Crippen LogP) is 4.83. The molecule has 1 aliphatic heterocycles. The van der Waals surface area contributed by atoms with Crippen molar-refractivity contribution in [1.29, 1.82) is 0 Å². The Bertz CT molecular complexity index is 1090. The highest BCUT2D eigenvalue weighted by atomic mass is 16.5. The van der Waals surface area contributed by atoms with Crippen molar-refractivity contribution in [3.05, 3.63) is 108 Å². The van der Waals surface area contributed by atoms with Gasteiger partial charge in [0.25, 0.3) is 0 Å². The molecule has 34 heavy (non-hydrogen) atoms. The fourth-order valence-corrected chi connectivity index (χ4v) is 3.98. The van der Waals surface area contributed by atoms with E-state index in [1.807, 2.05) is 95.9 Å². The molecule has 0 aliphatic carbocycles. The number of piperidine rings is 1. The minimum absolute atomic E-state index is 0.00251. The average molecular weight is 455 g/mol. The Kier molecular flexibility index (Phi) is 8.12. The molecule has 2 amide bonds. The van der Waals surface area contributed by atoms with Crippen LogP contribution < -0.4 is 10.1 Å². The zero-order valence-corrected chi connectivity index (χ0v) is 19.2. The molecule has 0 atom stereocenters. The Labute approximate surface area is 201 Å². The third kappa shape index (κ3) is 6.82. The molecule has 1 saturated heterocycles. The van der Waals surface area contributed by atoms with Crippen LogP contribution in [0.3, 0.4) is 0 Å². The summed E-state index contributed by atoms with van der Waals surface area (Å²) in [5.74, 6) is 0.793. The van der Waals surface area contributed by atoms with E-state index in [0.29, 0.717) is 39.1 Å². The van der Waals surface area contributed by atoms with E-state index < -0.39 is 0 Å². The van der Waals surface area contributed by atoms with Crippen molar-refractivity contribution in [3.8, 4) is 5.75 Å². The highest BCUT2D eigenvalue weighted by Crippen LogP contribution is 2.19. The third-order valence-electron chi connectivity index (χ3n) is 6.03. The second-order valence-corrected chi connectivity index (χ2v) is 8.48. The molecule has 0 unspecified atom stereocenters. The maximum absolute atomic E-state index is 12.6. The standard InChI is InChI=1S/C29H30N2O3/c32-28(16-13-23-7-3-1-4-8-23)31-19-17-26(18-20-31)29(33)30-21-24-11-14-27(15-12-24)34-22-25-9-5-2-6-10-25/h1-16,26H,17-22H2,(H,30,33). The maximum atomic E-state index is 12.6. The van der Waals surface area contributed by atoms with Crippen molar-refractivity contribution < 1.29 is 14.3 Å². The number of hydrogen-bond donors (Lipinski definition) is 1. The topological polar surface area (TPSA) is 58.6 Å². The molecule has 3 aromatic rings. The van der Waals surface area contributed by atoms with Gasteiger partial charge in [0.2, 0.25) is 11.8 Å². The van der Waals surface area contributed by atoms with Crippen LogP contribution in [0.2, 0.25) is 0 Å². The molecule has 3 aromatic carbocycles. The number of carbonyl (C=O) groups excluding carboxylic acids is 2. The van der Waals surface area contributed by atoms with Crippen LogP contribution in [0.5, 0.6) is 5.75 Å². The number of nitrogens with one attached hydrogen (secondary N) is 1. The Morgan fingerprint density at radius 3 is 2.18 bits per heavy atom. The molecule has 5 heteroatoms. The lowest BCUT2D eigenvalue weighted by atomic mass is 9.95. The van der Waals surface area contributed by atoms with Crippen molar-refractivity contribution >= 4 is 17.9 Å². The maximum Gasteiger partial charge on any atom is 0.246 e. The monoisotopic (exact) mass is 454 g/mol. The Morgan fingerprint density at radius 1 is 0.853 bits per heavy atom. The van der Waals surface area contributed by atoms with Crippen LogP contribution in [0.25, 0.3) is 6.08 Å². The Morgan fingerprint density at radius 2 is 1.50 bits per heavy atom. The first-order chi connectivity index (χ1) is 16.7.